The molecule has 0 saturated carbocycles. The average molecular weight is 250 g/mol. The van der Waals surface area contributed by atoms with Gasteiger partial charge in [0, 0.05) is 31.1 Å². The first kappa shape index (κ1) is 12.4. The predicted molar refractivity (Wildman–Crippen MR) is 71.0 cm³/mol. The smallest absolute Gasteiger partial charge is 0.104 e. The van der Waals surface area contributed by atoms with Gasteiger partial charge in [0.25, 0.3) is 0 Å². The number of nitrogens with zero attached hydrogens (tertiary/aromatic N) is 3. The lowest BCUT2D eigenvalue weighted by molar-refractivity contribution is 0.227. The molecule has 92 valence electrons. The Bertz CT molecular complexity index is 444. The monoisotopic (exact) mass is 250 g/mol. The summed E-state index contributed by atoms with van der Waals surface area (Å²) in [6, 6.07) is 2.23. The fourth-order valence-electron chi connectivity index (χ4n) is 2.13. The zero-order valence-electron chi connectivity index (χ0n) is 10.4. The third-order valence-corrected chi connectivity index (χ3v) is 4.18. The van der Waals surface area contributed by atoms with Crippen molar-refractivity contribution in [2.24, 2.45) is 0 Å². The molecule has 1 aliphatic rings. The van der Waals surface area contributed by atoms with E-state index in [0.29, 0.717) is 5.00 Å². The Morgan fingerprint density at radius 2 is 2.29 bits per heavy atom. The summed E-state index contributed by atoms with van der Waals surface area (Å²) in [4.78, 5) is 5.90. The molecule has 17 heavy (non-hydrogen) atoms. The Morgan fingerprint density at radius 3 is 2.94 bits per heavy atom. The van der Waals surface area contributed by atoms with Crippen molar-refractivity contribution in [3.8, 4) is 6.07 Å². The van der Waals surface area contributed by atoms with E-state index in [0.717, 1.165) is 38.2 Å². The highest BCUT2D eigenvalue weighted by molar-refractivity contribution is 7.16. The minimum absolute atomic E-state index is 0.687. The normalized spacial score (nSPS) is 15.9. The summed E-state index contributed by atoms with van der Waals surface area (Å²) in [5.74, 6) is 0. The lowest BCUT2D eigenvalue weighted by Gasteiger charge is -2.27. The van der Waals surface area contributed by atoms with Crippen LogP contribution in [0.5, 0.6) is 0 Å². The summed E-state index contributed by atoms with van der Waals surface area (Å²) in [7, 11) is 4.18. The van der Waals surface area contributed by atoms with Crippen LogP contribution in [0.25, 0.3) is 0 Å². The van der Waals surface area contributed by atoms with Gasteiger partial charge >= 0.3 is 0 Å². The van der Waals surface area contributed by atoms with Crippen LogP contribution in [0.3, 0.4) is 0 Å². The summed E-state index contributed by atoms with van der Waals surface area (Å²) in [6.07, 6.45) is 0.958. The van der Waals surface area contributed by atoms with Crippen LogP contribution in [0.15, 0.2) is 0 Å². The number of hydrogen-bond acceptors (Lipinski definition) is 5. The number of thiophene rings is 1. The maximum absolute atomic E-state index is 9.06. The number of nitrogens with two attached hydrogens (primary N) is 1. The molecule has 2 N–H and O–H groups in total. The van der Waals surface area contributed by atoms with Crippen molar-refractivity contribution < 1.29 is 0 Å². The molecule has 0 amide bonds. The van der Waals surface area contributed by atoms with Gasteiger partial charge in [0.05, 0.1) is 5.56 Å². The highest BCUT2D eigenvalue weighted by atomic mass is 32.1. The number of likely N-dealkylation sites (N-methyl/N-ethyl adjacent to an activating group) is 1. The second-order valence-corrected chi connectivity index (χ2v) is 5.82. The maximum Gasteiger partial charge on any atom is 0.104 e. The first-order valence-electron chi connectivity index (χ1n) is 5.79. The van der Waals surface area contributed by atoms with E-state index in [1.807, 2.05) is 0 Å². The van der Waals surface area contributed by atoms with Crippen LogP contribution in [0.1, 0.15) is 16.0 Å². The zero-order valence-corrected chi connectivity index (χ0v) is 11.2. The van der Waals surface area contributed by atoms with Gasteiger partial charge in [0.15, 0.2) is 0 Å². The summed E-state index contributed by atoms with van der Waals surface area (Å²) in [5.41, 5.74) is 7.78. The van der Waals surface area contributed by atoms with Crippen molar-refractivity contribution in [2.75, 3.05) is 39.5 Å². The summed E-state index contributed by atoms with van der Waals surface area (Å²) in [6.45, 7) is 4.12. The molecule has 0 aliphatic carbocycles. The Morgan fingerprint density at radius 1 is 1.53 bits per heavy atom. The number of rotatable bonds is 3. The van der Waals surface area contributed by atoms with E-state index in [2.05, 4.69) is 30.0 Å². The first-order valence-corrected chi connectivity index (χ1v) is 6.60. The zero-order chi connectivity index (χ0) is 12.4. The molecule has 2 heterocycles. The van der Waals surface area contributed by atoms with Crippen LogP contribution in [0, 0.1) is 11.3 Å². The molecule has 0 atom stereocenters. The standard InChI is InChI=1S/C12H18N4S/c1-15(2)5-6-16-4-3-9-10(7-13)12(14)17-11(9)8-16/h3-6,8,14H2,1-2H3. The van der Waals surface area contributed by atoms with Crippen LogP contribution in [0.4, 0.5) is 5.00 Å². The van der Waals surface area contributed by atoms with Gasteiger partial charge in [-0.05, 0) is 26.1 Å². The Kier molecular flexibility index (Phi) is 3.67. The van der Waals surface area contributed by atoms with Crippen LogP contribution in [-0.2, 0) is 13.0 Å². The minimum atomic E-state index is 0.687. The van der Waals surface area contributed by atoms with E-state index in [4.69, 9.17) is 11.0 Å². The van der Waals surface area contributed by atoms with Crippen LogP contribution in [0.2, 0.25) is 0 Å². The molecule has 0 saturated heterocycles. The van der Waals surface area contributed by atoms with Gasteiger partial charge in [-0.2, -0.15) is 5.26 Å². The molecular weight excluding hydrogens is 232 g/mol. The average Bonchev–Trinajstić information content (AvgIpc) is 2.60. The number of anilines is 1. The molecule has 5 heteroatoms. The van der Waals surface area contributed by atoms with Crippen LogP contribution < -0.4 is 5.73 Å². The molecule has 0 unspecified atom stereocenters. The minimum Gasteiger partial charge on any atom is -0.389 e. The molecule has 4 nitrogen and oxygen atoms in total. The first-order chi connectivity index (χ1) is 8.11. The van der Waals surface area contributed by atoms with E-state index in [1.54, 1.807) is 11.3 Å². The summed E-state index contributed by atoms with van der Waals surface area (Å²) in [5, 5.41) is 9.75. The molecule has 1 aromatic rings. The van der Waals surface area contributed by atoms with Gasteiger partial charge in [-0.25, -0.2) is 0 Å². The van der Waals surface area contributed by atoms with E-state index in [9.17, 15) is 0 Å². The lowest BCUT2D eigenvalue weighted by Crippen LogP contribution is -2.35. The third-order valence-electron chi connectivity index (χ3n) is 3.14. The second-order valence-electron chi connectivity index (χ2n) is 4.68. The molecule has 2 rings (SSSR count). The molecule has 0 radical (unpaired) electrons. The molecule has 0 spiro atoms. The number of nitrogen functional groups attached to an aromatic ring is 1. The third kappa shape index (κ3) is 2.60. The topological polar surface area (TPSA) is 56.3 Å². The fraction of sp³-hybridized carbons (Fsp3) is 0.583. The Labute approximate surface area is 106 Å². The molecule has 0 fully saturated rings. The van der Waals surface area contributed by atoms with Gasteiger partial charge in [-0.15, -0.1) is 11.3 Å². The SMILES string of the molecule is CN(C)CCN1CCc2c(sc(N)c2C#N)C1. The molecule has 1 aromatic heterocycles. The van der Waals surface area contributed by atoms with E-state index >= 15 is 0 Å². The lowest BCUT2D eigenvalue weighted by atomic mass is 10.0. The van der Waals surface area contributed by atoms with Gasteiger partial charge < -0.3 is 10.6 Å². The predicted octanol–water partition coefficient (Wildman–Crippen LogP) is 1.12. The summed E-state index contributed by atoms with van der Waals surface area (Å²) >= 11 is 1.58. The van der Waals surface area contributed by atoms with E-state index in [-0.39, 0.29) is 0 Å². The van der Waals surface area contributed by atoms with Crippen LogP contribution >= 0.6 is 11.3 Å². The van der Waals surface area contributed by atoms with Crippen molar-refractivity contribution >= 4 is 16.3 Å². The second kappa shape index (κ2) is 5.05. The van der Waals surface area contributed by atoms with Gasteiger partial charge in [0.2, 0.25) is 0 Å². The largest absolute Gasteiger partial charge is 0.389 e. The van der Waals surface area contributed by atoms with Crippen molar-refractivity contribution in [3.05, 3.63) is 16.0 Å². The fourth-order valence-corrected chi connectivity index (χ4v) is 3.24. The Hall–Kier alpha value is -1.09. The van der Waals surface area contributed by atoms with E-state index in [1.165, 1.54) is 10.4 Å². The van der Waals surface area contributed by atoms with Gasteiger partial charge in [0.1, 0.15) is 11.1 Å². The highest BCUT2D eigenvalue weighted by Crippen LogP contribution is 2.34. The number of hydrogen-bond donors (Lipinski definition) is 1. The molecule has 1 aliphatic heterocycles. The van der Waals surface area contributed by atoms with E-state index < -0.39 is 0 Å². The van der Waals surface area contributed by atoms with Crippen molar-refractivity contribution in [2.45, 2.75) is 13.0 Å². The van der Waals surface area contributed by atoms with Crippen molar-refractivity contribution in [3.63, 3.8) is 0 Å². The number of nitriles is 1. The molecule has 0 bridgehead atoms. The molecular formula is C12H18N4S. The maximum atomic E-state index is 9.06. The quantitative estimate of drug-likeness (QED) is 0.873. The Balaban J connectivity index is 2.07. The van der Waals surface area contributed by atoms with Gasteiger partial charge in [-0.1, -0.05) is 0 Å². The summed E-state index contributed by atoms with van der Waals surface area (Å²) < 4.78 is 0. The van der Waals surface area contributed by atoms with Gasteiger partial charge in [-0.3, -0.25) is 4.90 Å². The molecule has 0 aromatic carbocycles. The van der Waals surface area contributed by atoms with Crippen LogP contribution in [-0.4, -0.2) is 43.5 Å². The van der Waals surface area contributed by atoms with Crippen molar-refractivity contribution in [1.29, 1.82) is 5.26 Å². The number of fused-ring (bicyclic) bond motifs is 1. The highest BCUT2D eigenvalue weighted by Gasteiger charge is 2.23. The van der Waals surface area contributed by atoms with Crippen molar-refractivity contribution in [1.82, 2.24) is 9.80 Å².